The molecule has 290 valence electrons. The van der Waals surface area contributed by atoms with Crippen molar-refractivity contribution < 1.29 is 51.5 Å². The quantitative estimate of drug-likeness (QED) is 0.149. The van der Waals surface area contributed by atoms with Gasteiger partial charge in [-0.25, -0.2) is 13.7 Å². The fourth-order valence-corrected chi connectivity index (χ4v) is 7.94. The van der Waals surface area contributed by atoms with Gasteiger partial charge in [0.05, 0.1) is 45.7 Å². The van der Waals surface area contributed by atoms with E-state index in [0.717, 1.165) is 47.4 Å². The summed E-state index contributed by atoms with van der Waals surface area (Å²) in [7, 11) is 0. The lowest BCUT2D eigenvalue weighted by atomic mass is 9.86. The number of anilines is 1. The molecule has 0 unspecified atom stereocenters. The number of halogens is 3. The molecule has 0 fully saturated rings. The van der Waals surface area contributed by atoms with Crippen molar-refractivity contribution in [1.82, 2.24) is 14.9 Å². The number of hydrazine groups is 1. The molecule has 9 rings (SSSR count). The highest BCUT2D eigenvalue weighted by Crippen LogP contribution is 2.41. The number of imide groups is 4. The number of nitriles is 2. The molecule has 0 saturated carbocycles. The largest absolute Gasteiger partial charge is 0.281 e. The molecule has 4 aliphatic heterocycles. The van der Waals surface area contributed by atoms with Crippen LogP contribution in [0.5, 0.6) is 0 Å². The Morgan fingerprint density at radius 1 is 0.517 bits per heavy atom. The summed E-state index contributed by atoms with van der Waals surface area (Å²) in [6, 6.07) is 17.9. The lowest BCUT2D eigenvalue weighted by Crippen LogP contribution is -2.54. The van der Waals surface area contributed by atoms with Crippen LogP contribution in [0.3, 0.4) is 0 Å². The van der Waals surface area contributed by atoms with Crippen LogP contribution < -0.4 is 4.90 Å². The van der Waals surface area contributed by atoms with E-state index in [4.69, 9.17) is 0 Å². The summed E-state index contributed by atoms with van der Waals surface area (Å²) in [6.45, 7) is -0.946. The Morgan fingerprint density at radius 3 is 1.47 bits per heavy atom. The van der Waals surface area contributed by atoms with Crippen molar-refractivity contribution in [2.45, 2.75) is 6.42 Å². The van der Waals surface area contributed by atoms with Gasteiger partial charge in [-0.3, -0.25) is 47.6 Å². The average molecular weight is 805 g/mol. The van der Waals surface area contributed by atoms with Gasteiger partial charge in [0, 0.05) is 40.1 Å². The number of benzene rings is 5. The van der Waals surface area contributed by atoms with Gasteiger partial charge < -0.3 is 0 Å². The van der Waals surface area contributed by atoms with Crippen LogP contribution in [0.25, 0.3) is 16.3 Å². The zero-order valence-electron chi connectivity index (χ0n) is 30.2. The van der Waals surface area contributed by atoms with Gasteiger partial charge in [-0.2, -0.15) is 20.5 Å². The minimum atomic E-state index is -1.18. The van der Waals surface area contributed by atoms with E-state index in [2.05, 4.69) is 0 Å². The van der Waals surface area contributed by atoms with E-state index in [9.17, 15) is 62.1 Å². The summed E-state index contributed by atoms with van der Waals surface area (Å²) in [5.74, 6) is -10.1. The van der Waals surface area contributed by atoms with Gasteiger partial charge in [-0.1, -0.05) is 12.1 Å². The fourth-order valence-electron chi connectivity index (χ4n) is 7.94. The summed E-state index contributed by atoms with van der Waals surface area (Å²) in [5.41, 5.74) is -2.76. The Balaban J connectivity index is 1.08. The molecule has 5 aromatic rings. The number of fused-ring (bicyclic) bond motifs is 2. The second-order valence-electron chi connectivity index (χ2n) is 13.8. The van der Waals surface area contributed by atoms with Gasteiger partial charge in [0.1, 0.15) is 29.3 Å². The highest BCUT2D eigenvalue weighted by molar-refractivity contribution is 6.39. The van der Waals surface area contributed by atoms with Crippen molar-refractivity contribution in [2.75, 3.05) is 18.1 Å². The van der Waals surface area contributed by atoms with Gasteiger partial charge >= 0.3 is 0 Å². The van der Waals surface area contributed by atoms with E-state index in [-0.39, 0.29) is 84.9 Å². The van der Waals surface area contributed by atoms with Crippen LogP contribution in [0.4, 0.5) is 18.9 Å². The van der Waals surface area contributed by atoms with Gasteiger partial charge in [0.25, 0.3) is 47.3 Å². The predicted molar refractivity (Wildman–Crippen MR) is 199 cm³/mol. The summed E-state index contributed by atoms with van der Waals surface area (Å²) in [5, 5.41) is 20.2. The van der Waals surface area contributed by atoms with Crippen LogP contribution in [0, 0.1) is 34.3 Å². The van der Waals surface area contributed by atoms with Crippen molar-refractivity contribution in [3.8, 4) is 12.1 Å². The molecule has 0 aliphatic carbocycles. The van der Waals surface area contributed by atoms with Gasteiger partial charge in [-0.15, -0.1) is 0 Å². The van der Waals surface area contributed by atoms with Crippen molar-refractivity contribution in [3.63, 3.8) is 0 Å². The first-order chi connectivity index (χ1) is 28.8. The third kappa shape index (κ3) is 4.99. The number of amides is 8. The minimum absolute atomic E-state index is 0.0139. The van der Waals surface area contributed by atoms with Gasteiger partial charge in [0.2, 0.25) is 0 Å². The number of hydrogen-bond donors (Lipinski definition) is 0. The van der Waals surface area contributed by atoms with E-state index in [1.807, 2.05) is 0 Å². The Labute approximate surface area is 334 Å². The number of carbonyl (C=O) groups is 8. The molecular formula is C43H19F3N6O8. The fraction of sp³-hybridized carbons (Fsp3) is 0.0698. The van der Waals surface area contributed by atoms with Crippen molar-refractivity contribution in [2.24, 2.45) is 0 Å². The first kappa shape index (κ1) is 37.0. The maximum absolute atomic E-state index is 14.8. The zero-order chi connectivity index (χ0) is 42.5. The monoisotopic (exact) mass is 804 g/mol. The molecule has 8 amide bonds. The molecule has 0 saturated heterocycles. The Kier molecular flexibility index (Phi) is 8.18. The van der Waals surface area contributed by atoms with Gasteiger partial charge in [-0.05, 0) is 78.2 Å². The molecule has 4 aliphatic rings. The average Bonchev–Trinajstić information content (AvgIpc) is 3.63. The van der Waals surface area contributed by atoms with Crippen LogP contribution in [-0.4, -0.2) is 75.4 Å². The van der Waals surface area contributed by atoms with Crippen LogP contribution in [0.2, 0.25) is 0 Å². The molecule has 4 heterocycles. The first-order valence-corrected chi connectivity index (χ1v) is 17.8. The Hall–Kier alpha value is -8.57. The highest BCUT2D eigenvalue weighted by atomic mass is 19.1. The summed E-state index contributed by atoms with van der Waals surface area (Å²) >= 11 is 0. The summed E-state index contributed by atoms with van der Waals surface area (Å²) in [6.07, 6.45) is -0.0858. The summed E-state index contributed by atoms with van der Waals surface area (Å²) in [4.78, 5) is 111. The maximum Gasteiger partial charge on any atom is 0.281 e. The molecule has 14 nitrogen and oxygen atoms in total. The van der Waals surface area contributed by atoms with Crippen molar-refractivity contribution in [3.05, 3.63) is 152 Å². The lowest BCUT2D eigenvalue weighted by Gasteiger charge is -2.34. The highest BCUT2D eigenvalue weighted by Gasteiger charge is 2.49. The van der Waals surface area contributed by atoms with Crippen molar-refractivity contribution >= 4 is 69.3 Å². The van der Waals surface area contributed by atoms with E-state index >= 15 is 0 Å². The first-order valence-electron chi connectivity index (χ1n) is 17.8. The second-order valence-corrected chi connectivity index (χ2v) is 13.8. The standard InChI is InChI=1S/C43H19F3N6O8/c44-12-1-13-49-36(53)23-5-2-19(14-29(23)37(49)54)33(21(17-47)18-48)20-3-6-24-30(15-20)43(60)51(40(24)57)52-41(58)27-9-7-25-34-26(8-10-28(35(27)34)42(52)59)39(56)50(38(25)55)32-16-22(45)4-11-31(32)46/h2-11,14-16H,1,12-13H2. The van der Waals surface area contributed by atoms with E-state index in [0.29, 0.717) is 21.0 Å². The van der Waals surface area contributed by atoms with Crippen LogP contribution in [-0.2, 0) is 0 Å². The topological polar surface area (TPSA) is 197 Å². The number of alkyl halides is 1. The number of allylic oxidation sites excluding steroid dienone is 1. The molecule has 0 atom stereocenters. The SMILES string of the molecule is N#CC(C#N)=C(c1ccc2c(c1)C(=O)N(CCCF)C2=O)c1ccc2c(c1)C(=O)N(N1C(=O)c3ccc4c5c(ccc(c35)C1=O)C(=O)N(c1cc(F)ccc1F)C4=O)C2=O. The molecule has 60 heavy (non-hydrogen) atoms. The molecule has 0 N–H and O–H groups in total. The number of nitrogens with zero attached hydrogens (tertiary/aromatic N) is 6. The van der Waals surface area contributed by atoms with E-state index in [1.165, 1.54) is 30.3 Å². The Bertz CT molecular complexity index is 3040. The van der Waals surface area contributed by atoms with Crippen LogP contribution >= 0.6 is 0 Å². The third-order valence-electron chi connectivity index (χ3n) is 10.6. The maximum atomic E-state index is 14.8. The second kappa shape index (κ2) is 13.3. The normalized spacial score (nSPS) is 15.2. The summed E-state index contributed by atoms with van der Waals surface area (Å²) < 4.78 is 41.8. The Morgan fingerprint density at radius 2 is 0.950 bits per heavy atom. The van der Waals surface area contributed by atoms with Crippen LogP contribution in [0.15, 0.2) is 84.4 Å². The minimum Gasteiger partial charge on any atom is -0.274 e. The molecule has 17 heteroatoms. The smallest absolute Gasteiger partial charge is 0.274 e. The van der Waals surface area contributed by atoms with E-state index < -0.39 is 76.8 Å². The lowest BCUT2D eigenvalue weighted by molar-refractivity contribution is 0.00522. The number of carbonyl (C=O) groups excluding carboxylic acids is 8. The predicted octanol–water partition coefficient (Wildman–Crippen LogP) is 5.53. The molecule has 0 radical (unpaired) electrons. The van der Waals surface area contributed by atoms with Gasteiger partial charge in [0.15, 0.2) is 0 Å². The molecule has 5 aromatic carbocycles. The number of hydrogen-bond acceptors (Lipinski definition) is 10. The van der Waals surface area contributed by atoms with E-state index in [1.54, 1.807) is 12.1 Å². The zero-order valence-corrected chi connectivity index (χ0v) is 30.2. The molecule has 0 spiro atoms. The molecular weight excluding hydrogens is 786 g/mol. The number of rotatable bonds is 7. The molecule has 0 aromatic heterocycles. The van der Waals surface area contributed by atoms with Crippen molar-refractivity contribution in [1.29, 1.82) is 10.5 Å². The van der Waals surface area contributed by atoms with Crippen LogP contribution in [0.1, 0.15) is 100 Å². The molecule has 0 bridgehead atoms. The third-order valence-corrected chi connectivity index (χ3v) is 10.6.